The molecule has 0 fully saturated rings. The van der Waals surface area contributed by atoms with Gasteiger partial charge in [0.1, 0.15) is 26.3 Å². The van der Waals surface area contributed by atoms with Crippen molar-refractivity contribution in [3.8, 4) is 11.1 Å². The SMILES string of the molecule is O=C(O)CN(CC(F)(F)F)C(=O)COCCNC(=O)OCC1c2ccccc2-c2ccccc21. The van der Waals surface area contributed by atoms with Gasteiger partial charge in [-0.3, -0.25) is 9.59 Å². The molecule has 34 heavy (non-hydrogen) atoms. The molecule has 0 spiro atoms. The summed E-state index contributed by atoms with van der Waals surface area (Å²) in [7, 11) is 0. The van der Waals surface area contributed by atoms with Gasteiger partial charge in [-0.15, -0.1) is 0 Å². The Balaban J connectivity index is 1.41. The molecule has 2 aromatic carbocycles. The van der Waals surface area contributed by atoms with E-state index in [4.69, 9.17) is 14.6 Å². The first kappa shape index (κ1) is 25.0. The fraction of sp³-hybridized carbons (Fsp3) is 0.348. The van der Waals surface area contributed by atoms with Gasteiger partial charge >= 0.3 is 18.2 Å². The second-order valence-corrected chi connectivity index (χ2v) is 7.56. The van der Waals surface area contributed by atoms with Crippen LogP contribution in [0.25, 0.3) is 11.1 Å². The summed E-state index contributed by atoms with van der Waals surface area (Å²) in [6, 6.07) is 15.7. The first-order chi connectivity index (χ1) is 16.2. The average Bonchev–Trinajstić information content (AvgIpc) is 3.09. The fourth-order valence-corrected chi connectivity index (χ4v) is 3.74. The zero-order chi connectivity index (χ0) is 24.7. The van der Waals surface area contributed by atoms with Crippen molar-refractivity contribution in [3.05, 3.63) is 59.7 Å². The smallest absolute Gasteiger partial charge is 0.407 e. The summed E-state index contributed by atoms with van der Waals surface area (Å²) in [4.78, 5) is 34.7. The van der Waals surface area contributed by atoms with Crippen LogP contribution in [0.3, 0.4) is 0 Å². The van der Waals surface area contributed by atoms with Gasteiger partial charge in [-0.1, -0.05) is 48.5 Å². The van der Waals surface area contributed by atoms with Gasteiger partial charge in [0.25, 0.3) is 0 Å². The van der Waals surface area contributed by atoms with Crippen LogP contribution < -0.4 is 5.32 Å². The summed E-state index contributed by atoms with van der Waals surface area (Å²) in [6.45, 7) is -3.67. The highest BCUT2D eigenvalue weighted by Crippen LogP contribution is 2.44. The van der Waals surface area contributed by atoms with Crippen molar-refractivity contribution in [1.29, 1.82) is 0 Å². The van der Waals surface area contributed by atoms with Gasteiger partial charge in [0.2, 0.25) is 5.91 Å². The highest BCUT2D eigenvalue weighted by molar-refractivity contribution is 5.82. The number of fused-ring (bicyclic) bond motifs is 3. The monoisotopic (exact) mass is 480 g/mol. The quantitative estimate of drug-likeness (QED) is 0.507. The molecule has 0 bridgehead atoms. The third kappa shape index (κ3) is 6.70. The van der Waals surface area contributed by atoms with Crippen LogP contribution in [0.4, 0.5) is 18.0 Å². The number of hydrogen-bond donors (Lipinski definition) is 2. The lowest BCUT2D eigenvalue weighted by Gasteiger charge is -2.22. The Hall–Kier alpha value is -3.60. The van der Waals surface area contributed by atoms with Gasteiger partial charge in [-0.05, 0) is 22.3 Å². The van der Waals surface area contributed by atoms with E-state index in [0.717, 1.165) is 22.3 Å². The lowest BCUT2D eigenvalue weighted by Crippen LogP contribution is -2.44. The molecule has 3 rings (SSSR count). The van der Waals surface area contributed by atoms with E-state index in [-0.39, 0.29) is 30.6 Å². The minimum atomic E-state index is -4.74. The molecular formula is C23H23F3N2O6. The molecule has 0 aromatic heterocycles. The maximum absolute atomic E-state index is 12.5. The molecule has 2 aromatic rings. The van der Waals surface area contributed by atoms with Crippen LogP contribution in [-0.2, 0) is 19.1 Å². The molecule has 0 atom stereocenters. The number of ether oxygens (including phenoxy) is 2. The van der Waals surface area contributed by atoms with Crippen LogP contribution >= 0.6 is 0 Å². The topological polar surface area (TPSA) is 105 Å². The van der Waals surface area contributed by atoms with E-state index in [2.05, 4.69) is 5.32 Å². The number of halogens is 3. The number of alkyl halides is 3. The molecule has 0 saturated carbocycles. The Morgan fingerprint density at radius 2 is 1.59 bits per heavy atom. The Bertz CT molecular complexity index is 998. The summed E-state index contributed by atoms with van der Waals surface area (Å²) in [5.41, 5.74) is 4.30. The highest BCUT2D eigenvalue weighted by Gasteiger charge is 2.34. The highest BCUT2D eigenvalue weighted by atomic mass is 19.4. The maximum Gasteiger partial charge on any atom is 0.407 e. The number of amides is 2. The Labute approximate surface area is 193 Å². The molecular weight excluding hydrogens is 457 g/mol. The van der Waals surface area contributed by atoms with Crippen LogP contribution in [0.5, 0.6) is 0 Å². The van der Waals surface area contributed by atoms with Crippen molar-refractivity contribution >= 4 is 18.0 Å². The summed E-state index contributed by atoms with van der Waals surface area (Å²) in [6.07, 6.45) is -5.45. The Morgan fingerprint density at radius 3 is 2.15 bits per heavy atom. The number of rotatable bonds is 10. The molecule has 11 heteroatoms. The molecule has 1 aliphatic carbocycles. The van der Waals surface area contributed by atoms with E-state index in [0.29, 0.717) is 0 Å². The van der Waals surface area contributed by atoms with Crippen LogP contribution in [0, 0.1) is 0 Å². The van der Waals surface area contributed by atoms with E-state index in [9.17, 15) is 27.6 Å². The van der Waals surface area contributed by atoms with Crippen LogP contribution in [-0.4, -0.2) is 73.6 Å². The third-order valence-electron chi connectivity index (χ3n) is 5.13. The maximum atomic E-state index is 12.5. The van der Waals surface area contributed by atoms with E-state index in [1.54, 1.807) is 0 Å². The minimum Gasteiger partial charge on any atom is -0.480 e. The zero-order valence-electron chi connectivity index (χ0n) is 18.0. The first-order valence-electron chi connectivity index (χ1n) is 10.4. The minimum absolute atomic E-state index is 0.0534. The number of alkyl carbamates (subject to hydrolysis) is 1. The van der Waals surface area contributed by atoms with Crippen molar-refractivity contribution < 1.29 is 42.1 Å². The van der Waals surface area contributed by atoms with E-state index < -0.39 is 43.8 Å². The van der Waals surface area contributed by atoms with Gasteiger partial charge < -0.3 is 24.8 Å². The number of nitrogens with zero attached hydrogens (tertiary/aromatic N) is 1. The van der Waals surface area contributed by atoms with E-state index >= 15 is 0 Å². The van der Waals surface area contributed by atoms with Crippen LogP contribution in [0.1, 0.15) is 17.0 Å². The molecule has 1 aliphatic rings. The summed E-state index contributed by atoms with van der Waals surface area (Å²) < 4.78 is 47.8. The van der Waals surface area contributed by atoms with Crippen molar-refractivity contribution in [1.82, 2.24) is 10.2 Å². The lowest BCUT2D eigenvalue weighted by atomic mass is 9.98. The van der Waals surface area contributed by atoms with Gasteiger partial charge in [0, 0.05) is 12.5 Å². The third-order valence-corrected chi connectivity index (χ3v) is 5.13. The molecule has 0 saturated heterocycles. The van der Waals surface area contributed by atoms with Gasteiger partial charge in [0.15, 0.2) is 0 Å². The first-order valence-corrected chi connectivity index (χ1v) is 10.4. The number of carboxylic acids is 1. The number of aliphatic carboxylic acids is 1. The second kappa shape index (κ2) is 11.0. The molecule has 0 radical (unpaired) electrons. The molecule has 0 heterocycles. The number of benzene rings is 2. The van der Waals surface area contributed by atoms with Gasteiger partial charge in [-0.25, -0.2) is 4.79 Å². The second-order valence-electron chi connectivity index (χ2n) is 7.56. The van der Waals surface area contributed by atoms with Crippen molar-refractivity contribution in [2.45, 2.75) is 12.1 Å². The normalized spacial score (nSPS) is 12.6. The molecule has 182 valence electrons. The van der Waals surface area contributed by atoms with E-state index in [1.807, 2.05) is 48.5 Å². The molecule has 2 N–H and O–H groups in total. The molecule has 0 aliphatic heterocycles. The molecule has 8 nitrogen and oxygen atoms in total. The summed E-state index contributed by atoms with van der Waals surface area (Å²) >= 11 is 0. The molecule has 0 unspecified atom stereocenters. The van der Waals surface area contributed by atoms with Crippen LogP contribution in [0.2, 0.25) is 0 Å². The van der Waals surface area contributed by atoms with Gasteiger partial charge in [-0.2, -0.15) is 13.2 Å². The lowest BCUT2D eigenvalue weighted by molar-refractivity contribution is -0.168. The number of carboxylic acid groups (broad SMARTS) is 1. The number of hydrogen-bond acceptors (Lipinski definition) is 5. The largest absolute Gasteiger partial charge is 0.480 e. The Kier molecular flexibility index (Phi) is 8.11. The predicted octanol–water partition coefficient (Wildman–Crippen LogP) is 3.02. The zero-order valence-corrected chi connectivity index (χ0v) is 18.0. The molecule has 2 amide bonds. The van der Waals surface area contributed by atoms with Crippen molar-refractivity contribution in [2.24, 2.45) is 0 Å². The standard InChI is InChI=1S/C23H23F3N2O6/c24-23(25,26)14-28(11-21(30)31)20(29)13-33-10-9-27-22(32)34-12-19-17-7-3-1-5-15(17)16-6-2-4-8-18(16)19/h1-8,19H,9-14H2,(H,27,32)(H,30,31). The average molecular weight is 480 g/mol. The Morgan fingerprint density at radius 1 is 1.00 bits per heavy atom. The van der Waals surface area contributed by atoms with Crippen molar-refractivity contribution in [3.63, 3.8) is 0 Å². The number of nitrogens with one attached hydrogen (secondary N) is 1. The van der Waals surface area contributed by atoms with Crippen LogP contribution in [0.15, 0.2) is 48.5 Å². The summed E-state index contributed by atoms with van der Waals surface area (Å²) in [5, 5.41) is 11.1. The fourth-order valence-electron chi connectivity index (χ4n) is 3.74. The van der Waals surface area contributed by atoms with Gasteiger partial charge in [0.05, 0.1) is 6.61 Å². The number of carbonyl (C=O) groups excluding carboxylic acids is 2. The predicted molar refractivity (Wildman–Crippen MR) is 114 cm³/mol. The van der Waals surface area contributed by atoms with E-state index in [1.165, 1.54) is 0 Å². The van der Waals surface area contributed by atoms with Crippen molar-refractivity contribution in [2.75, 3.05) is 39.5 Å². The summed E-state index contributed by atoms with van der Waals surface area (Å²) in [5.74, 6) is -2.81. The number of carbonyl (C=O) groups is 3.